The van der Waals surface area contributed by atoms with E-state index < -0.39 is 23.6 Å². The van der Waals surface area contributed by atoms with E-state index in [4.69, 9.17) is 0 Å². The first-order chi connectivity index (χ1) is 11.6. The Kier molecular flexibility index (Phi) is 4.33. The van der Waals surface area contributed by atoms with Gasteiger partial charge in [0.05, 0.1) is 0 Å². The summed E-state index contributed by atoms with van der Waals surface area (Å²) in [5.74, 6) is -0.638. The maximum Gasteiger partial charge on any atom is 0.322 e. The number of nitrogens with one attached hydrogen (secondary N) is 2. The SMILES string of the molecule is O=C1NC(=O)C(CCO)(C(O)c2ccc(-c3ccccc3)cc2)N1. The minimum atomic E-state index is -1.56. The number of rotatable bonds is 5. The van der Waals surface area contributed by atoms with Crippen LogP contribution in [0.5, 0.6) is 0 Å². The molecular weight excluding hydrogens is 308 g/mol. The van der Waals surface area contributed by atoms with E-state index in [1.54, 1.807) is 12.1 Å². The van der Waals surface area contributed by atoms with Crippen LogP contribution in [0.2, 0.25) is 0 Å². The molecule has 6 heteroatoms. The standard InChI is InChI=1S/C18H18N2O4/c21-11-10-18(16(23)19-17(24)20-18)15(22)14-8-6-13(7-9-14)12-4-2-1-3-5-12/h1-9,15,21-22H,10-11H2,(H2,19,20,23,24). The van der Waals surface area contributed by atoms with Gasteiger partial charge in [-0.05, 0) is 16.7 Å². The maximum absolute atomic E-state index is 12.1. The van der Waals surface area contributed by atoms with Crippen molar-refractivity contribution in [3.8, 4) is 11.1 Å². The van der Waals surface area contributed by atoms with Crippen molar-refractivity contribution >= 4 is 11.9 Å². The minimum Gasteiger partial charge on any atom is -0.396 e. The van der Waals surface area contributed by atoms with Crippen LogP contribution >= 0.6 is 0 Å². The summed E-state index contributed by atoms with van der Waals surface area (Å²) in [6, 6.07) is 16.2. The second-order valence-corrected chi connectivity index (χ2v) is 5.74. The fraction of sp³-hybridized carbons (Fsp3) is 0.222. The Morgan fingerprint density at radius 1 is 0.958 bits per heavy atom. The molecule has 2 aromatic carbocycles. The molecule has 2 aromatic rings. The summed E-state index contributed by atoms with van der Waals surface area (Å²) in [7, 11) is 0. The fourth-order valence-corrected chi connectivity index (χ4v) is 2.96. The molecule has 1 fully saturated rings. The van der Waals surface area contributed by atoms with Gasteiger partial charge in [0.1, 0.15) is 6.10 Å². The molecule has 1 aliphatic heterocycles. The molecule has 2 unspecified atom stereocenters. The van der Waals surface area contributed by atoms with Gasteiger partial charge in [-0.25, -0.2) is 4.79 Å². The number of aliphatic hydroxyl groups excluding tert-OH is 2. The van der Waals surface area contributed by atoms with E-state index in [1.165, 1.54) is 0 Å². The van der Waals surface area contributed by atoms with Crippen LogP contribution in [-0.2, 0) is 4.79 Å². The van der Waals surface area contributed by atoms with Crippen LogP contribution in [0.15, 0.2) is 54.6 Å². The molecule has 0 spiro atoms. The molecule has 0 saturated carbocycles. The summed E-state index contributed by atoms with van der Waals surface area (Å²) in [6.45, 7) is -0.340. The van der Waals surface area contributed by atoms with E-state index in [0.29, 0.717) is 5.56 Å². The molecule has 3 amide bonds. The number of carbonyl (C=O) groups is 2. The van der Waals surface area contributed by atoms with Crippen LogP contribution < -0.4 is 10.6 Å². The normalized spacial score (nSPS) is 21.2. The van der Waals surface area contributed by atoms with Gasteiger partial charge in [-0.2, -0.15) is 0 Å². The monoisotopic (exact) mass is 326 g/mol. The molecule has 1 heterocycles. The highest BCUT2D eigenvalue weighted by molar-refractivity contribution is 6.07. The quantitative estimate of drug-likeness (QED) is 0.623. The second-order valence-electron chi connectivity index (χ2n) is 5.74. The van der Waals surface area contributed by atoms with Crippen molar-refractivity contribution in [2.24, 2.45) is 0 Å². The fourth-order valence-electron chi connectivity index (χ4n) is 2.96. The van der Waals surface area contributed by atoms with Crippen LogP contribution in [-0.4, -0.2) is 34.3 Å². The Bertz CT molecular complexity index is 745. The van der Waals surface area contributed by atoms with Gasteiger partial charge in [0.25, 0.3) is 5.91 Å². The Morgan fingerprint density at radius 3 is 2.12 bits per heavy atom. The summed E-state index contributed by atoms with van der Waals surface area (Å²) in [5.41, 5.74) is 0.943. The second kappa shape index (κ2) is 6.43. The summed E-state index contributed by atoms with van der Waals surface area (Å²) in [5, 5.41) is 24.5. The van der Waals surface area contributed by atoms with E-state index in [-0.39, 0.29) is 13.0 Å². The van der Waals surface area contributed by atoms with Gasteiger partial charge in [-0.15, -0.1) is 0 Å². The third-order valence-electron chi connectivity index (χ3n) is 4.28. The van der Waals surface area contributed by atoms with Crippen LogP contribution in [0.3, 0.4) is 0 Å². The lowest BCUT2D eigenvalue weighted by Gasteiger charge is -2.31. The lowest BCUT2D eigenvalue weighted by molar-refractivity contribution is -0.129. The topological polar surface area (TPSA) is 98.7 Å². The molecule has 2 atom stereocenters. The summed E-state index contributed by atoms with van der Waals surface area (Å²) >= 11 is 0. The zero-order valence-electron chi connectivity index (χ0n) is 12.9. The van der Waals surface area contributed by atoms with Gasteiger partial charge in [-0.3, -0.25) is 10.1 Å². The Balaban J connectivity index is 1.90. The van der Waals surface area contributed by atoms with Gasteiger partial charge in [0.15, 0.2) is 5.54 Å². The van der Waals surface area contributed by atoms with Crippen LogP contribution in [0.4, 0.5) is 4.79 Å². The number of benzene rings is 2. The molecule has 24 heavy (non-hydrogen) atoms. The highest BCUT2D eigenvalue weighted by Gasteiger charge is 2.51. The Labute approximate surface area is 139 Å². The molecule has 0 bridgehead atoms. The van der Waals surface area contributed by atoms with Crippen molar-refractivity contribution in [2.45, 2.75) is 18.1 Å². The first kappa shape index (κ1) is 16.2. The lowest BCUT2D eigenvalue weighted by Crippen LogP contribution is -2.52. The smallest absolute Gasteiger partial charge is 0.322 e. The largest absolute Gasteiger partial charge is 0.396 e. The van der Waals surface area contributed by atoms with E-state index in [9.17, 15) is 19.8 Å². The number of amides is 3. The molecule has 3 rings (SSSR count). The summed E-state index contributed by atoms with van der Waals surface area (Å²) < 4.78 is 0. The average molecular weight is 326 g/mol. The number of hydrogen-bond acceptors (Lipinski definition) is 4. The number of imide groups is 1. The van der Waals surface area contributed by atoms with E-state index in [2.05, 4.69) is 10.6 Å². The number of carbonyl (C=O) groups excluding carboxylic acids is 2. The molecule has 4 N–H and O–H groups in total. The first-order valence-electron chi connectivity index (χ1n) is 7.65. The molecule has 124 valence electrons. The van der Waals surface area contributed by atoms with Crippen LogP contribution in [0.25, 0.3) is 11.1 Å². The molecular formula is C18H18N2O4. The predicted octanol–water partition coefficient (Wildman–Crippen LogP) is 1.35. The molecule has 0 aliphatic carbocycles. The maximum atomic E-state index is 12.1. The predicted molar refractivity (Wildman–Crippen MR) is 87.9 cm³/mol. The van der Waals surface area contributed by atoms with Crippen molar-refractivity contribution in [1.29, 1.82) is 0 Å². The highest BCUT2D eigenvalue weighted by atomic mass is 16.3. The molecule has 6 nitrogen and oxygen atoms in total. The zero-order valence-corrected chi connectivity index (χ0v) is 12.9. The number of aliphatic hydroxyl groups is 2. The van der Waals surface area contributed by atoms with Gasteiger partial charge in [0, 0.05) is 13.0 Å². The lowest BCUT2D eigenvalue weighted by atomic mass is 9.84. The van der Waals surface area contributed by atoms with Crippen LogP contribution in [0.1, 0.15) is 18.1 Å². The van der Waals surface area contributed by atoms with Gasteiger partial charge >= 0.3 is 6.03 Å². The first-order valence-corrected chi connectivity index (χ1v) is 7.65. The number of urea groups is 1. The van der Waals surface area contributed by atoms with Crippen molar-refractivity contribution in [3.63, 3.8) is 0 Å². The number of hydrogen-bond donors (Lipinski definition) is 4. The van der Waals surface area contributed by atoms with E-state index in [1.807, 2.05) is 42.5 Å². The van der Waals surface area contributed by atoms with Crippen molar-refractivity contribution in [3.05, 3.63) is 60.2 Å². The summed E-state index contributed by atoms with van der Waals surface area (Å²) in [4.78, 5) is 23.6. The Morgan fingerprint density at radius 2 is 1.58 bits per heavy atom. The molecule has 0 radical (unpaired) electrons. The average Bonchev–Trinajstić information content (AvgIpc) is 2.90. The summed E-state index contributed by atoms with van der Waals surface area (Å²) in [6.07, 6.45) is -1.34. The van der Waals surface area contributed by atoms with Crippen molar-refractivity contribution in [1.82, 2.24) is 10.6 Å². The zero-order chi connectivity index (χ0) is 17.2. The van der Waals surface area contributed by atoms with Gasteiger partial charge in [0.2, 0.25) is 0 Å². The van der Waals surface area contributed by atoms with Crippen molar-refractivity contribution < 1.29 is 19.8 Å². The highest BCUT2D eigenvalue weighted by Crippen LogP contribution is 2.32. The molecule has 1 aliphatic rings. The van der Waals surface area contributed by atoms with Crippen molar-refractivity contribution in [2.75, 3.05) is 6.61 Å². The Hall–Kier alpha value is -2.70. The minimum absolute atomic E-state index is 0.0772. The third kappa shape index (κ3) is 2.77. The molecule has 1 saturated heterocycles. The van der Waals surface area contributed by atoms with E-state index in [0.717, 1.165) is 11.1 Å². The van der Waals surface area contributed by atoms with Gasteiger partial charge in [-0.1, -0.05) is 54.6 Å². The molecule has 0 aromatic heterocycles. The van der Waals surface area contributed by atoms with E-state index >= 15 is 0 Å². The van der Waals surface area contributed by atoms with Crippen LogP contribution in [0, 0.1) is 0 Å². The van der Waals surface area contributed by atoms with Gasteiger partial charge < -0.3 is 15.5 Å². The third-order valence-corrected chi connectivity index (χ3v) is 4.28.